The summed E-state index contributed by atoms with van der Waals surface area (Å²) in [6, 6.07) is 0. The second kappa shape index (κ2) is 6.22. The Morgan fingerprint density at radius 3 is 2.00 bits per heavy atom. The lowest BCUT2D eigenvalue weighted by Crippen LogP contribution is -2.26. The highest BCUT2D eigenvalue weighted by atomic mass is 28.2. The van der Waals surface area contributed by atoms with Gasteiger partial charge in [0.05, 0.1) is 13.2 Å². The molecule has 0 radical (unpaired) electrons. The van der Waals surface area contributed by atoms with Crippen molar-refractivity contribution in [2.45, 2.75) is 13.3 Å². The molecule has 4 heteroatoms. The van der Waals surface area contributed by atoms with E-state index in [4.69, 9.17) is 14.3 Å². The van der Waals surface area contributed by atoms with Crippen LogP contribution in [0, 0.1) is 5.92 Å². The lowest BCUT2D eigenvalue weighted by Gasteiger charge is -2.23. The fraction of sp³-hybridized carbons (Fsp3) is 1.00. The van der Waals surface area contributed by atoms with E-state index in [9.17, 15) is 0 Å². The fourth-order valence-corrected chi connectivity index (χ4v) is 0.520. The molecule has 0 bridgehead atoms. The van der Waals surface area contributed by atoms with Crippen LogP contribution in [0.4, 0.5) is 0 Å². The summed E-state index contributed by atoms with van der Waals surface area (Å²) in [5, 5.41) is 0. The summed E-state index contributed by atoms with van der Waals surface area (Å²) in [7, 11) is -1.58. The molecule has 1 aliphatic rings. The van der Waals surface area contributed by atoms with Gasteiger partial charge in [0.2, 0.25) is 0 Å². The van der Waals surface area contributed by atoms with Crippen LogP contribution < -0.4 is 0 Å². The van der Waals surface area contributed by atoms with E-state index in [1.54, 1.807) is 0 Å². The Kier molecular flexibility index (Phi) is 6.29. The Hall–Kier alpha value is 0.0969. The van der Waals surface area contributed by atoms with Crippen molar-refractivity contribution in [3.8, 4) is 0 Å². The van der Waals surface area contributed by atoms with Gasteiger partial charge in [-0.25, -0.2) is 0 Å². The minimum Gasteiger partial charge on any atom is -0.415 e. The smallest absolute Gasteiger partial charge is 0.299 e. The summed E-state index contributed by atoms with van der Waals surface area (Å²) in [4.78, 5) is 14.5. The standard InChI is InChI=1S/C5H10O.H4O2Si/c1-2-5-3-6-4-5;1-3-2/h5H,2-4H2,1H3;1-2H,3H2. The van der Waals surface area contributed by atoms with E-state index in [0.717, 1.165) is 19.1 Å². The van der Waals surface area contributed by atoms with Gasteiger partial charge in [0, 0.05) is 5.92 Å². The van der Waals surface area contributed by atoms with E-state index in [1.165, 1.54) is 6.42 Å². The van der Waals surface area contributed by atoms with Crippen LogP contribution in [0.2, 0.25) is 0 Å². The lowest BCUT2D eigenvalue weighted by molar-refractivity contribution is -0.0331. The van der Waals surface area contributed by atoms with Crippen molar-refractivity contribution >= 4 is 10.0 Å². The molecule has 1 aliphatic heterocycles. The summed E-state index contributed by atoms with van der Waals surface area (Å²) >= 11 is 0. The molecule has 0 aromatic heterocycles. The van der Waals surface area contributed by atoms with Crippen LogP contribution in [0.15, 0.2) is 0 Å². The highest BCUT2D eigenvalue weighted by Crippen LogP contribution is 2.12. The summed E-state index contributed by atoms with van der Waals surface area (Å²) in [5.74, 6) is 0.894. The molecule has 56 valence electrons. The van der Waals surface area contributed by atoms with Gasteiger partial charge in [0.25, 0.3) is 10.0 Å². The van der Waals surface area contributed by atoms with Gasteiger partial charge in [-0.15, -0.1) is 0 Å². The first-order valence-electron chi connectivity index (χ1n) is 3.14. The lowest BCUT2D eigenvalue weighted by atomic mass is 10.1. The summed E-state index contributed by atoms with van der Waals surface area (Å²) in [6.07, 6.45) is 1.29. The second-order valence-electron chi connectivity index (χ2n) is 1.95. The predicted molar refractivity (Wildman–Crippen MR) is 37.6 cm³/mol. The fourth-order valence-electron chi connectivity index (χ4n) is 0.520. The van der Waals surface area contributed by atoms with Crippen LogP contribution in [0.1, 0.15) is 13.3 Å². The number of hydrogen-bond donors (Lipinski definition) is 2. The minimum absolute atomic E-state index is 0.894. The quantitative estimate of drug-likeness (QED) is 0.472. The van der Waals surface area contributed by atoms with Gasteiger partial charge >= 0.3 is 0 Å². The molecule has 9 heavy (non-hydrogen) atoms. The van der Waals surface area contributed by atoms with E-state index in [1.807, 2.05) is 0 Å². The Bertz CT molecular complexity index is 53.4. The van der Waals surface area contributed by atoms with Gasteiger partial charge in [0.1, 0.15) is 0 Å². The van der Waals surface area contributed by atoms with Gasteiger partial charge in [-0.05, 0) is 6.42 Å². The third-order valence-electron chi connectivity index (χ3n) is 1.28. The number of rotatable bonds is 1. The van der Waals surface area contributed by atoms with E-state index < -0.39 is 10.0 Å². The number of hydrogen-bond acceptors (Lipinski definition) is 3. The molecular weight excluding hydrogens is 136 g/mol. The molecule has 0 aromatic carbocycles. The van der Waals surface area contributed by atoms with Crippen molar-refractivity contribution < 1.29 is 14.3 Å². The van der Waals surface area contributed by atoms with E-state index in [0.29, 0.717) is 0 Å². The van der Waals surface area contributed by atoms with Gasteiger partial charge in [-0.2, -0.15) is 0 Å². The van der Waals surface area contributed by atoms with Crippen LogP contribution in [0.25, 0.3) is 0 Å². The van der Waals surface area contributed by atoms with Crippen LogP contribution in [0.5, 0.6) is 0 Å². The monoisotopic (exact) mass is 150 g/mol. The predicted octanol–water partition coefficient (Wildman–Crippen LogP) is -0.987. The van der Waals surface area contributed by atoms with E-state index in [-0.39, 0.29) is 0 Å². The summed E-state index contributed by atoms with van der Waals surface area (Å²) < 4.78 is 4.93. The van der Waals surface area contributed by atoms with Crippen molar-refractivity contribution in [3.05, 3.63) is 0 Å². The van der Waals surface area contributed by atoms with Crippen LogP contribution in [-0.2, 0) is 4.74 Å². The first-order chi connectivity index (χ1) is 4.35. The molecular formula is C5H14O3Si. The molecule has 1 heterocycles. The topological polar surface area (TPSA) is 49.7 Å². The molecule has 0 atom stereocenters. The van der Waals surface area contributed by atoms with Gasteiger partial charge in [-0.1, -0.05) is 6.92 Å². The van der Waals surface area contributed by atoms with Crippen molar-refractivity contribution in [2.24, 2.45) is 5.92 Å². The molecule has 0 amide bonds. The number of ether oxygens (including phenoxy) is 1. The Morgan fingerprint density at radius 2 is 2.00 bits per heavy atom. The second-order valence-corrected chi connectivity index (χ2v) is 2.24. The molecule has 0 spiro atoms. The minimum atomic E-state index is -1.58. The van der Waals surface area contributed by atoms with Gasteiger partial charge < -0.3 is 14.3 Å². The molecule has 1 saturated heterocycles. The van der Waals surface area contributed by atoms with Crippen molar-refractivity contribution in [3.63, 3.8) is 0 Å². The maximum atomic E-state index is 7.26. The average Bonchev–Trinajstić information content (AvgIpc) is 1.64. The third-order valence-corrected chi connectivity index (χ3v) is 1.28. The zero-order valence-electron chi connectivity index (χ0n) is 5.71. The zero-order chi connectivity index (χ0) is 7.11. The van der Waals surface area contributed by atoms with Crippen LogP contribution in [-0.4, -0.2) is 32.8 Å². The molecule has 1 fully saturated rings. The normalized spacial score (nSPS) is 17.7. The largest absolute Gasteiger partial charge is 0.415 e. The molecule has 0 aromatic rings. The Labute approximate surface area is 57.7 Å². The van der Waals surface area contributed by atoms with E-state index >= 15 is 0 Å². The molecule has 2 N–H and O–H groups in total. The van der Waals surface area contributed by atoms with Crippen molar-refractivity contribution in [2.75, 3.05) is 13.2 Å². The van der Waals surface area contributed by atoms with Crippen molar-refractivity contribution in [1.82, 2.24) is 0 Å². The summed E-state index contributed by atoms with van der Waals surface area (Å²) in [6.45, 7) is 4.22. The SMILES string of the molecule is CCC1COC1.O[SiH2]O. The van der Waals surface area contributed by atoms with Gasteiger partial charge in [-0.3, -0.25) is 0 Å². The maximum absolute atomic E-state index is 7.26. The van der Waals surface area contributed by atoms with E-state index in [2.05, 4.69) is 6.92 Å². The average molecular weight is 150 g/mol. The maximum Gasteiger partial charge on any atom is 0.299 e. The third kappa shape index (κ3) is 4.59. The Morgan fingerprint density at radius 1 is 1.56 bits per heavy atom. The Balaban J connectivity index is 0.000000187. The molecule has 0 unspecified atom stereocenters. The first-order valence-corrected chi connectivity index (χ1v) is 4.41. The van der Waals surface area contributed by atoms with Crippen LogP contribution >= 0.6 is 0 Å². The zero-order valence-corrected chi connectivity index (χ0v) is 7.12. The van der Waals surface area contributed by atoms with Crippen LogP contribution in [0.3, 0.4) is 0 Å². The molecule has 3 nitrogen and oxygen atoms in total. The molecule has 1 rings (SSSR count). The highest BCUT2D eigenvalue weighted by molar-refractivity contribution is 6.13. The molecule has 0 saturated carbocycles. The van der Waals surface area contributed by atoms with Gasteiger partial charge in [0.15, 0.2) is 0 Å². The highest BCUT2D eigenvalue weighted by Gasteiger charge is 2.14. The summed E-state index contributed by atoms with van der Waals surface area (Å²) in [5.41, 5.74) is 0. The molecule has 0 aliphatic carbocycles. The van der Waals surface area contributed by atoms with Crippen molar-refractivity contribution in [1.29, 1.82) is 0 Å². The first kappa shape index (κ1) is 9.10.